The van der Waals surface area contributed by atoms with Gasteiger partial charge in [-0.2, -0.15) is 13.2 Å². The van der Waals surface area contributed by atoms with Crippen molar-refractivity contribution in [3.8, 4) is 5.75 Å². The summed E-state index contributed by atoms with van der Waals surface area (Å²) in [7, 11) is 1.52. The molecule has 1 heterocycles. The summed E-state index contributed by atoms with van der Waals surface area (Å²) in [5.41, 5.74) is 0.636. The summed E-state index contributed by atoms with van der Waals surface area (Å²) >= 11 is 0.984. The molecule has 4 nitrogen and oxygen atoms in total. The first-order valence-corrected chi connectivity index (χ1v) is 8.86. The quantitative estimate of drug-likeness (QED) is 0.347. The fraction of sp³-hybridized carbons (Fsp3) is 0.211. The second-order valence-electron chi connectivity index (χ2n) is 5.72. The number of Topliss-reactive ketones (excluding diaryl/α,β-unsaturated/α-hetero) is 1. The third-order valence-corrected chi connectivity index (χ3v) is 4.96. The third kappa shape index (κ3) is 4.21. The fourth-order valence-electron chi connectivity index (χ4n) is 2.48. The molecule has 3 rings (SSSR count). The van der Waals surface area contributed by atoms with Crippen LogP contribution in [0, 0.1) is 0 Å². The summed E-state index contributed by atoms with van der Waals surface area (Å²) < 4.78 is 44.4. The van der Waals surface area contributed by atoms with E-state index in [1.165, 1.54) is 13.2 Å². The average molecular weight is 392 g/mol. The molecule has 8 heteroatoms. The molecule has 0 aliphatic rings. The summed E-state index contributed by atoms with van der Waals surface area (Å²) in [6.07, 6.45) is -4.66. The first kappa shape index (κ1) is 19.2. The van der Waals surface area contributed by atoms with E-state index in [1.54, 1.807) is 49.4 Å². The first-order valence-electron chi connectivity index (χ1n) is 7.98. The van der Waals surface area contributed by atoms with Gasteiger partial charge in [0, 0.05) is 10.9 Å². The van der Waals surface area contributed by atoms with E-state index in [4.69, 9.17) is 4.74 Å². The predicted molar refractivity (Wildman–Crippen MR) is 97.2 cm³/mol. The number of benzene rings is 2. The third-order valence-electron chi connectivity index (χ3n) is 3.85. The van der Waals surface area contributed by atoms with Crippen molar-refractivity contribution < 1.29 is 22.7 Å². The monoisotopic (exact) mass is 392 g/mol. The van der Waals surface area contributed by atoms with E-state index in [1.807, 2.05) is 0 Å². The first-order chi connectivity index (χ1) is 12.8. The lowest BCUT2D eigenvalue weighted by Gasteiger charge is -2.14. The van der Waals surface area contributed by atoms with Crippen LogP contribution < -0.4 is 4.74 Å². The van der Waals surface area contributed by atoms with Gasteiger partial charge in [0.2, 0.25) is 5.82 Å². The summed E-state index contributed by atoms with van der Waals surface area (Å²) in [6, 6.07) is 13.0. The van der Waals surface area contributed by atoms with Gasteiger partial charge in [-0.25, -0.2) is 9.97 Å². The van der Waals surface area contributed by atoms with E-state index >= 15 is 0 Å². The highest BCUT2D eigenvalue weighted by atomic mass is 32.2. The molecule has 0 fully saturated rings. The molecule has 1 atom stereocenters. The highest BCUT2D eigenvalue weighted by Gasteiger charge is 2.36. The molecule has 0 unspecified atom stereocenters. The van der Waals surface area contributed by atoms with E-state index in [2.05, 4.69) is 9.97 Å². The van der Waals surface area contributed by atoms with Crippen LogP contribution >= 0.6 is 11.8 Å². The van der Waals surface area contributed by atoms with Crippen LogP contribution in [0.3, 0.4) is 0 Å². The Morgan fingerprint density at radius 2 is 1.74 bits per heavy atom. The zero-order valence-corrected chi connectivity index (χ0v) is 15.3. The zero-order chi connectivity index (χ0) is 19.6. The number of hydrogen-bond donors (Lipinski definition) is 0. The van der Waals surface area contributed by atoms with Gasteiger partial charge in [0.1, 0.15) is 10.8 Å². The Bertz CT molecular complexity index is 975. The molecule has 0 spiro atoms. The van der Waals surface area contributed by atoms with Crippen LogP contribution in [0.25, 0.3) is 10.9 Å². The second-order valence-corrected chi connectivity index (χ2v) is 7.05. The molecule has 0 N–H and O–H groups in total. The van der Waals surface area contributed by atoms with Gasteiger partial charge >= 0.3 is 6.18 Å². The van der Waals surface area contributed by atoms with Gasteiger partial charge < -0.3 is 4.74 Å². The Labute approximate surface area is 157 Å². The molecular weight excluding hydrogens is 377 g/mol. The van der Waals surface area contributed by atoms with Crippen LogP contribution in [-0.4, -0.2) is 28.1 Å². The van der Waals surface area contributed by atoms with Crippen LogP contribution in [0.15, 0.2) is 53.6 Å². The Balaban J connectivity index is 1.93. The van der Waals surface area contributed by atoms with Gasteiger partial charge in [-0.15, -0.1) is 0 Å². The number of hydrogen-bond acceptors (Lipinski definition) is 5. The van der Waals surface area contributed by atoms with Crippen molar-refractivity contribution in [1.82, 2.24) is 9.97 Å². The van der Waals surface area contributed by atoms with Gasteiger partial charge in [-0.3, -0.25) is 4.79 Å². The van der Waals surface area contributed by atoms with Gasteiger partial charge in [-0.05, 0) is 37.3 Å². The number of thioether (sulfide) groups is 1. The maximum atomic E-state index is 13.1. The lowest BCUT2D eigenvalue weighted by molar-refractivity contribution is -0.145. The number of aromatic nitrogens is 2. The number of ketones is 1. The number of carbonyl (C=O) groups is 1. The Hall–Kier alpha value is -2.61. The molecule has 0 amide bonds. The number of rotatable bonds is 5. The van der Waals surface area contributed by atoms with Crippen molar-refractivity contribution in [3.05, 3.63) is 59.9 Å². The van der Waals surface area contributed by atoms with Gasteiger partial charge in [0.15, 0.2) is 5.78 Å². The number of fused-ring (bicyclic) bond motifs is 1. The molecule has 140 valence electrons. The minimum absolute atomic E-state index is 0.127. The van der Waals surface area contributed by atoms with Crippen molar-refractivity contribution in [2.24, 2.45) is 0 Å². The maximum absolute atomic E-state index is 13.1. The van der Waals surface area contributed by atoms with Gasteiger partial charge in [-0.1, -0.05) is 30.0 Å². The molecule has 0 radical (unpaired) electrons. The Morgan fingerprint density at radius 1 is 1.07 bits per heavy atom. The zero-order valence-electron chi connectivity index (χ0n) is 14.4. The van der Waals surface area contributed by atoms with Crippen molar-refractivity contribution in [1.29, 1.82) is 0 Å². The molecule has 1 aromatic heterocycles. The summed E-state index contributed by atoms with van der Waals surface area (Å²) in [5.74, 6) is -0.810. The number of para-hydroxylation sites is 1. The lowest BCUT2D eigenvalue weighted by Crippen LogP contribution is -2.16. The van der Waals surface area contributed by atoms with Crippen LogP contribution in [-0.2, 0) is 6.18 Å². The molecule has 2 aromatic carbocycles. The van der Waals surface area contributed by atoms with Gasteiger partial charge in [0.25, 0.3) is 0 Å². The number of halogens is 3. The van der Waals surface area contributed by atoms with E-state index in [9.17, 15) is 18.0 Å². The smallest absolute Gasteiger partial charge is 0.451 e. The standard InChI is InChI=1S/C19H15F3N2O2S/c1-11(16(25)12-7-9-13(26-2)10-8-12)27-17-14-5-3-4-6-15(14)23-18(24-17)19(20,21)22/h3-11H,1-2H3/t11-/m1/s1. The van der Waals surface area contributed by atoms with E-state index in [-0.39, 0.29) is 16.3 Å². The minimum Gasteiger partial charge on any atom is -0.497 e. The summed E-state index contributed by atoms with van der Waals surface area (Å²) in [4.78, 5) is 19.9. The van der Waals surface area contributed by atoms with Crippen LogP contribution in [0.1, 0.15) is 23.1 Å². The highest BCUT2D eigenvalue weighted by Crippen LogP contribution is 2.34. The topological polar surface area (TPSA) is 52.1 Å². The molecule has 27 heavy (non-hydrogen) atoms. The van der Waals surface area contributed by atoms with E-state index in [0.717, 1.165) is 11.8 Å². The van der Waals surface area contributed by atoms with Crippen LogP contribution in [0.2, 0.25) is 0 Å². The maximum Gasteiger partial charge on any atom is 0.451 e. The predicted octanol–water partition coefficient (Wildman–Crippen LogP) is 5.02. The van der Waals surface area contributed by atoms with Crippen molar-refractivity contribution in [3.63, 3.8) is 0 Å². The minimum atomic E-state index is -4.66. The molecule has 0 aliphatic carbocycles. The Morgan fingerprint density at radius 3 is 2.37 bits per heavy atom. The van der Waals surface area contributed by atoms with E-state index in [0.29, 0.717) is 16.7 Å². The van der Waals surface area contributed by atoms with Crippen molar-refractivity contribution in [2.45, 2.75) is 23.4 Å². The lowest BCUT2D eigenvalue weighted by atomic mass is 10.1. The fourth-order valence-corrected chi connectivity index (χ4v) is 3.49. The van der Waals surface area contributed by atoms with Gasteiger partial charge in [0.05, 0.1) is 17.9 Å². The molecule has 0 aliphatic heterocycles. The molecule has 0 saturated carbocycles. The average Bonchev–Trinajstić information content (AvgIpc) is 2.66. The number of nitrogens with zero attached hydrogens (tertiary/aromatic N) is 2. The van der Waals surface area contributed by atoms with Crippen LogP contribution in [0.4, 0.5) is 13.2 Å². The largest absolute Gasteiger partial charge is 0.497 e. The van der Waals surface area contributed by atoms with Crippen LogP contribution in [0.5, 0.6) is 5.75 Å². The second kappa shape index (κ2) is 7.56. The highest BCUT2D eigenvalue weighted by molar-refractivity contribution is 8.00. The molecular formula is C19H15F3N2O2S. The molecule has 0 saturated heterocycles. The summed E-state index contributed by atoms with van der Waals surface area (Å²) in [5, 5.41) is -0.0232. The Kier molecular flexibility index (Phi) is 5.36. The van der Waals surface area contributed by atoms with E-state index < -0.39 is 17.3 Å². The van der Waals surface area contributed by atoms with Crippen molar-refractivity contribution >= 4 is 28.4 Å². The SMILES string of the molecule is COc1ccc(C(=O)[C@@H](C)Sc2nc(C(F)(F)F)nc3ccccc23)cc1. The number of methoxy groups -OCH3 is 1. The number of alkyl halides is 3. The normalized spacial score (nSPS) is 12.8. The number of ether oxygens (including phenoxy) is 1. The summed E-state index contributed by atoms with van der Waals surface area (Å²) in [6.45, 7) is 1.64. The molecule has 0 bridgehead atoms. The number of carbonyl (C=O) groups excluding carboxylic acids is 1. The van der Waals surface area contributed by atoms with Crippen molar-refractivity contribution in [2.75, 3.05) is 7.11 Å². The molecule has 3 aromatic rings.